The van der Waals surface area contributed by atoms with E-state index in [-0.39, 0.29) is 6.04 Å². The van der Waals surface area contributed by atoms with Crippen LogP contribution >= 0.6 is 0 Å². The van der Waals surface area contributed by atoms with Crippen molar-refractivity contribution in [1.29, 1.82) is 0 Å². The molecule has 1 aliphatic carbocycles. The number of nitrogens with one attached hydrogen (secondary N) is 1. The van der Waals surface area contributed by atoms with Crippen LogP contribution in [0, 0.1) is 11.8 Å². The Kier molecular flexibility index (Phi) is 3.97. The fourth-order valence-electron chi connectivity index (χ4n) is 3.83. The molecule has 2 fully saturated rings. The van der Waals surface area contributed by atoms with Gasteiger partial charge < -0.3 is 19.5 Å². The van der Waals surface area contributed by atoms with Crippen molar-refractivity contribution in [3.63, 3.8) is 0 Å². The smallest absolute Gasteiger partial charge is 0.231 e. The molecule has 4 rings (SSSR count). The van der Waals surface area contributed by atoms with E-state index in [2.05, 4.69) is 24.4 Å². The van der Waals surface area contributed by atoms with E-state index in [1.807, 2.05) is 6.07 Å². The molecule has 0 aromatic heterocycles. The number of fused-ring (bicyclic) bond motifs is 1. The van der Waals surface area contributed by atoms with Crippen molar-refractivity contribution in [1.82, 2.24) is 5.32 Å². The molecule has 1 saturated heterocycles. The van der Waals surface area contributed by atoms with E-state index in [9.17, 15) is 0 Å². The fourth-order valence-corrected chi connectivity index (χ4v) is 3.83. The molecule has 0 amide bonds. The number of hydrogen-bond donors (Lipinski definition) is 1. The standard InChI is InChI=1S/C18H25NO3/c1-12(15-5-2-6-16-18(15)22-11-21-16)19-17(13-7-8-13)14-4-3-9-20-10-14/h2,5-6,12-14,17,19H,3-4,7-11H2,1H3. The number of hydrogen-bond acceptors (Lipinski definition) is 4. The molecule has 4 heteroatoms. The Bertz CT molecular complexity index is 523. The Morgan fingerprint density at radius 1 is 1.14 bits per heavy atom. The molecule has 1 saturated carbocycles. The van der Waals surface area contributed by atoms with Gasteiger partial charge in [0.05, 0.1) is 6.61 Å². The van der Waals surface area contributed by atoms with E-state index in [0.717, 1.165) is 30.6 Å². The Morgan fingerprint density at radius 2 is 2.05 bits per heavy atom. The zero-order chi connectivity index (χ0) is 14.9. The Morgan fingerprint density at radius 3 is 2.82 bits per heavy atom. The van der Waals surface area contributed by atoms with Crippen molar-refractivity contribution in [2.24, 2.45) is 11.8 Å². The molecule has 3 aliphatic rings. The van der Waals surface area contributed by atoms with Crippen molar-refractivity contribution in [3.8, 4) is 11.5 Å². The maximum absolute atomic E-state index is 5.72. The normalized spacial score (nSPS) is 26.7. The molecule has 0 bridgehead atoms. The van der Waals surface area contributed by atoms with Gasteiger partial charge in [-0.3, -0.25) is 0 Å². The highest BCUT2D eigenvalue weighted by Crippen LogP contribution is 2.42. The summed E-state index contributed by atoms with van der Waals surface area (Å²) in [4.78, 5) is 0. The molecular formula is C18H25NO3. The van der Waals surface area contributed by atoms with Crippen molar-refractivity contribution < 1.29 is 14.2 Å². The highest BCUT2D eigenvalue weighted by molar-refractivity contribution is 5.49. The van der Waals surface area contributed by atoms with Crippen LogP contribution in [-0.4, -0.2) is 26.0 Å². The summed E-state index contributed by atoms with van der Waals surface area (Å²) in [5, 5.41) is 3.88. The van der Waals surface area contributed by atoms with Crippen LogP contribution in [0.3, 0.4) is 0 Å². The van der Waals surface area contributed by atoms with Crippen molar-refractivity contribution >= 4 is 0 Å². The monoisotopic (exact) mass is 303 g/mol. The van der Waals surface area contributed by atoms with E-state index < -0.39 is 0 Å². The lowest BCUT2D eigenvalue weighted by atomic mass is 9.89. The minimum Gasteiger partial charge on any atom is -0.454 e. The predicted octanol–water partition coefficient (Wildman–Crippen LogP) is 3.27. The van der Waals surface area contributed by atoms with Gasteiger partial charge in [-0.2, -0.15) is 0 Å². The minimum atomic E-state index is 0.268. The Balaban J connectivity index is 1.50. The molecule has 2 heterocycles. The topological polar surface area (TPSA) is 39.7 Å². The molecule has 120 valence electrons. The predicted molar refractivity (Wildman–Crippen MR) is 84.2 cm³/mol. The molecule has 0 radical (unpaired) electrons. The Hall–Kier alpha value is -1.26. The van der Waals surface area contributed by atoms with Crippen LogP contribution in [-0.2, 0) is 4.74 Å². The quantitative estimate of drug-likeness (QED) is 0.906. The van der Waals surface area contributed by atoms with E-state index in [4.69, 9.17) is 14.2 Å². The zero-order valence-electron chi connectivity index (χ0n) is 13.2. The van der Waals surface area contributed by atoms with Crippen LogP contribution in [0.25, 0.3) is 0 Å². The van der Waals surface area contributed by atoms with Gasteiger partial charge in [0.25, 0.3) is 0 Å². The third-order valence-corrected chi connectivity index (χ3v) is 5.17. The summed E-state index contributed by atoms with van der Waals surface area (Å²) < 4.78 is 16.9. The van der Waals surface area contributed by atoms with E-state index in [0.29, 0.717) is 18.8 Å². The van der Waals surface area contributed by atoms with Gasteiger partial charge in [-0.1, -0.05) is 12.1 Å². The lowest BCUT2D eigenvalue weighted by Crippen LogP contribution is -2.43. The first-order valence-corrected chi connectivity index (χ1v) is 8.55. The summed E-state index contributed by atoms with van der Waals surface area (Å²) in [7, 11) is 0. The minimum absolute atomic E-state index is 0.268. The lowest BCUT2D eigenvalue weighted by Gasteiger charge is -2.33. The molecule has 2 aliphatic heterocycles. The van der Waals surface area contributed by atoms with Crippen LogP contribution in [0.2, 0.25) is 0 Å². The third-order valence-electron chi connectivity index (χ3n) is 5.17. The van der Waals surface area contributed by atoms with Gasteiger partial charge in [-0.05, 0) is 50.5 Å². The molecule has 3 atom stereocenters. The van der Waals surface area contributed by atoms with Gasteiger partial charge in [0.15, 0.2) is 11.5 Å². The maximum Gasteiger partial charge on any atom is 0.231 e. The van der Waals surface area contributed by atoms with Gasteiger partial charge >= 0.3 is 0 Å². The van der Waals surface area contributed by atoms with Crippen LogP contribution in [0.5, 0.6) is 11.5 Å². The van der Waals surface area contributed by atoms with Gasteiger partial charge in [0.2, 0.25) is 6.79 Å². The molecule has 1 aromatic carbocycles. The largest absolute Gasteiger partial charge is 0.454 e. The summed E-state index contributed by atoms with van der Waals surface area (Å²) in [6.07, 6.45) is 5.19. The highest BCUT2D eigenvalue weighted by atomic mass is 16.7. The average Bonchev–Trinajstić information content (AvgIpc) is 3.28. The number of ether oxygens (including phenoxy) is 3. The summed E-state index contributed by atoms with van der Waals surface area (Å²) >= 11 is 0. The average molecular weight is 303 g/mol. The Labute approximate surface area is 132 Å². The summed E-state index contributed by atoms with van der Waals surface area (Å²) in [5.41, 5.74) is 1.21. The summed E-state index contributed by atoms with van der Waals surface area (Å²) in [6, 6.07) is 7.01. The lowest BCUT2D eigenvalue weighted by molar-refractivity contribution is 0.0338. The summed E-state index contributed by atoms with van der Waals surface area (Å²) in [5.74, 6) is 3.26. The second kappa shape index (κ2) is 6.09. The first-order chi connectivity index (χ1) is 10.8. The molecular weight excluding hydrogens is 278 g/mol. The van der Waals surface area contributed by atoms with Gasteiger partial charge in [0, 0.05) is 24.3 Å². The molecule has 3 unspecified atom stereocenters. The number of benzene rings is 1. The summed E-state index contributed by atoms with van der Waals surface area (Å²) in [6.45, 7) is 4.41. The highest BCUT2D eigenvalue weighted by Gasteiger charge is 2.38. The third kappa shape index (κ3) is 2.82. The van der Waals surface area contributed by atoms with Crippen molar-refractivity contribution in [3.05, 3.63) is 23.8 Å². The second-order valence-electron chi connectivity index (χ2n) is 6.81. The van der Waals surface area contributed by atoms with E-state index in [1.54, 1.807) is 0 Å². The van der Waals surface area contributed by atoms with Gasteiger partial charge in [0.1, 0.15) is 0 Å². The number of rotatable bonds is 5. The molecule has 4 nitrogen and oxygen atoms in total. The van der Waals surface area contributed by atoms with Crippen molar-refractivity contribution in [2.45, 2.75) is 44.7 Å². The van der Waals surface area contributed by atoms with Crippen LogP contribution in [0.1, 0.15) is 44.2 Å². The molecule has 0 spiro atoms. The van der Waals surface area contributed by atoms with E-state index >= 15 is 0 Å². The van der Waals surface area contributed by atoms with Gasteiger partial charge in [-0.15, -0.1) is 0 Å². The zero-order valence-corrected chi connectivity index (χ0v) is 13.2. The maximum atomic E-state index is 5.72. The first kappa shape index (κ1) is 14.3. The molecule has 22 heavy (non-hydrogen) atoms. The first-order valence-electron chi connectivity index (χ1n) is 8.55. The van der Waals surface area contributed by atoms with E-state index in [1.165, 1.54) is 31.2 Å². The fraction of sp³-hybridized carbons (Fsp3) is 0.667. The van der Waals surface area contributed by atoms with Gasteiger partial charge in [-0.25, -0.2) is 0 Å². The van der Waals surface area contributed by atoms with Crippen LogP contribution in [0.4, 0.5) is 0 Å². The van der Waals surface area contributed by atoms with Crippen LogP contribution in [0.15, 0.2) is 18.2 Å². The number of para-hydroxylation sites is 1. The van der Waals surface area contributed by atoms with Crippen LogP contribution < -0.4 is 14.8 Å². The SMILES string of the molecule is CC(NC(C1CC1)C1CCCOC1)c1cccc2c1OCO2. The molecule has 1 aromatic rings. The van der Waals surface area contributed by atoms with Crippen molar-refractivity contribution in [2.75, 3.05) is 20.0 Å². The molecule has 1 N–H and O–H groups in total. The second-order valence-corrected chi connectivity index (χ2v) is 6.81.